The van der Waals surface area contributed by atoms with Crippen LogP contribution in [0.1, 0.15) is 17.2 Å². The molecule has 0 saturated carbocycles. The van der Waals surface area contributed by atoms with Crippen molar-refractivity contribution in [3.05, 3.63) is 88.9 Å². The monoisotopic (exact) mass is 447 g/mol. The summed E-state index contributed by atoms with van der Waals surface area (Å²) in [7, 11) is -4.60. The minimum Gasteiger partial charge on any atom is -0.475 e. The number of hydrogen-bond donors (Lipinski definition) is 0. The maximum absolute atomic E-state index is 12.7. The minimum absolute atomic E-state index is 0.163. The van der Waals surface area contributed by atoms with Crippen molar-refractivity contribution in [3.8, 4) is 11.1 Å². The first-order valence-corrected chi connectivity index (χ1v) is 11.0. The molecule has 0 bridgehead atoms. The summed E-state index contributed by atoms with van der Waals surface area (Å²) in [4.78, 5) is 4.22. The molecular weight excluding hydrogens is 432 g/mol. The second-order valence-corrected chi connectivity index (χ2v) is 9.02. The van der Waals surface area contributed by atoms with Gasteiger partial charge in [0.05, 0.1) is 15.5 Å². The van der Waals surface area contributed by atoms with E-state index in [1.165, 1.54) is 24.3 Å². The van der Waals surface area contributed by atoms with Crippen molar-refractivity contribution < 1.29 is 21.9 Å². The van der Waals surface area contributed by atoms with Gasteiger partial charge in [-0.2, -0.15) is 8.78 Å². The Kier molecular flexibility index (Phi) is 5.58. The first-order valence-electron chi connectivity index (χ1n) is 9.04. The Balaban J connectivity index is 1.53. The van der Waals surface area contributed by atoms with Crippen LogP contribution < -0.4 is 0 Å². The van der Waals surface area contributed by atoms with E-state index in [-0.39, 0.29) is 6.04 Å². The fourth-order valence-electron chi connectivity index (χ4n) is 3.16. The molecule has 1 aliphatic rings. The minimum atomic E-state index is -4.60. The largest absolute Gasteiger partial charge is 0.475 e. The van der Waals surface area contributed by atoms with Gasteiger partial charge >= 0.3 is 5.76 Å². The Labute approximate surface area is 177 Å². The second kappa shape index (κ2) is 8.16. The lowest BCUT2D eigenvalue weighted by molar-refractivity contribution is 0.234. The first-order chi connectivity index (χ1) is 14.4. The van der Waals surface area contributed by atoms with Gasteiger partial charge in [-0.1, -0.05) is 60.1 Å². The van der Waals surface area contributed by atoms with Crippen molar-refractivity contribution >= 4 is 27.3 Å². The molecule has 1 aliphatic heterocycles. The molecule has 30 heavy (non-hydrogen) atoms. The zero-order valence-corrected chi connectivity index (χ0v) is 17.1. The molecular formula is C22H16ClF2NO3S. The van der Waals surface area contributed by atoms with Crippen LogP contribution in [-0.4, -0.2) is 26.7 Å². The van der Waals surface area contributed by atoms with Crippen LogP contribution in [0.4, 0.5) is 8.78 Å². The number of sulfone groups is 1. The molecule has 3 aromatic carbocycles. The number of nitrogens with zero attached hydrogens (tertiary/aromatic N) is 1. The van der Waals surface area contributed by atoms with E-state index >= 15 is 0 Å². The molecule has 0 saturated heterocycles. The highest BCUT2D eigenvalue weighted by atomic mass is 35.5. The highest BCUT2D eigenvalue weighted by Crippen LogP contribution is 2.30. The van der Waals surface area contributed by atoms with Gasteiger partial charge in [0, 0.05) is 0 Å². The number of rotatable bonds is 5. The predicted octanol–water partition coefficient (Wildman–Crippen LogP) is 5.52. The molecule has 0 N–H and O–H groups in total. The maximum atomic E-state index is 12.7. The molecule has 4 nitrogen and oxygen atoms in total. The van der Waals surface area contributed by atoms with Crippen molar-refractivity contribution in [2.45, 2.75) is 16.7 Å². The number of alkyl halides is 2. The van der Waals surface area contributed by atoms with E-state index in [9.17, 15) is 17.2 Å². The van der Waals surface area contributed by atoms with Crippen molar-refractivity contribution in [1.29, 1.82) is 0 Å². The van der Waals surface area contributed by atoms with E-state index in [0.717, 1.165) is 22.3 Å². The summed E-state index contributed by atoms with van der Waals surface area (Å²) in [6.07, 6.45) is 0. The molecule has 0 spiro atoms. The van der Waals surface area contributed by atoms with Crippen molar-refractivity contribution in [2.75, 3.05) is 6.61 Å². The van der Waals surface area contributed by atoms with Crippen molar-refractivity contribution in [2.24, 2.45) is 4.99 Å². The molecule has 0 fully saturated rings. The lowest BCUT2D eigenvalue weighted by Gasteiger charge is -2.08. The van der Waals surface area contributed by atoms with E-state index in [0.29, 0.717) is 17.5 Å². The molecule has 0 aliphatic carbocycles. The van der Waals surface area contributed by atoms with Crippen LogP contribution >= 0.6 is 11.6 Å². The van der Waals surface area contributed by atoms with Crippen molar-refractivity contribution in [1.82, 2.24) is 0 Å². The van der Waals surface area contributed by atoms with Crippen molar-refractivity contribution in [3.63, 3.8) is 0 Å². The predicted molar refractivity (Wildman–Crippen MR) is 112 cm³/mol. The van der Waals surface area contributed by atoms with Gasteiger partial charge in [0.25, 0.3) is 0 Å². The molecule has 0 amide bonds. The summed E-state index contributed by atoms with van der Waals surface area (Å²) < 4.78 is 54.1. The summed E-state index contributed by atoms with van der Waals surface area (Å²) in [5.74, 6) is -2.93. The first kappa shape index (κ1) is 20.5. The Morgan fingerprint density at radius 3 is 2.13 bits per heavy atom. The number of ether oxygens (including phenoxy) is 1. The third kappa shape index (κ3) is 3.95. The average molecular weight is 448 g/mol. The Hall–Kier alpha value is -2.77. The highest BCUT2D eigenvalue weighted by molar-refractivity contribution is 7.91. The topological polar surface area (TPSA) is 55.7 Å². The van der Waals surface area contributed by atoms with Gasteiger partial charge < -0.3 is 4.74 Å². The zero-order valence-electron chi connectivity index (χ0n) is 15.5. The van der Waals surface area contributed by atoms with Crippen LogP contribution in [0.3, 0.4) is 0 Å². The fourth-order valence-corrected chi connectivity index (χ4v) is 4.10. The smallest absolute Gasteiger partial charge is 0.341 e. The Morgan fingerprint density at radius 1 is 0.933 bits per heavy atom. The number of aliphatic imine (C=N–C) groups is 1. The molecule has 0 aromatic heterocycles. The van der Waals surface area contributed by atoms with Crippen LogP contribution in [-0.2, 0) is 14.6 Å². The lowest BCUT2D eigenvalue weighted by Crippen LogP contribution is -2.11. The maximum Gasteiger partial charge on any atom is 0.341 e. The third-order valence-electron chi connectivity index (χ3n) is 4.80. The quantitative estimate of drug-likeness (QED) is 0.517. The van der Waals surface area contributed by atoms with Crippen LogP contribution in [0.5, 0.6) is 0 Å². The van der Waals surface area contributed by atoms with E-state index < -0.39 is 20.5 Å². The van der Waals surface area contributed by atoms with Crippen LogP contribution in [0.15, 0.2) is 82.7 Å². The molecule has 1 heterocycles. The highest BCUT2D eigenvalue weighted by Gasteiger charge is 2.26. The Bertz CT molecular complexity index is 1190. The van der Waals surface area contributed by atoms with Gasteiger partial charge in [-0.25, -0.2) is 13.4 Å². The molecule has 4 rings (SSSR count). The summed E-state index contributed by atoms with van der Waals surface area (Å²) in [5, 5.41) is 0.574. The van der Waals surface area contributed by atoms with Gasteiger partial charge in [0.2, 0.25) is 15.7 Å². The third-order valence-corrected chi connectivity index (χ3v) is 6.53. The summed E-state index contributed by atoms with van der Waals surface area (Å²) in [6.45, 7) is 0.403. The summed E-state index contributed by atoms with van der Waals surface area (Å²) in [5.41, 5.74) is 3.25. The zero-order chi connectivity index (χ0) is 21.3. The van der Waals surface area contributed by atoms with Gasteiger partial charge in [-0.3, -0.25) is 0 Å². The molecule has 1 atom stereocenters. The van der Waals surface area contributed by atoms with Crippen LogP contribution in [0.25, 0.3) is 11.1 Å². The number of hydrogen-bond acceptors (Lipinski definition) is 4. The molecule has 3 aromatic rings. The van der Waals surface area contributed by atoms with Crippen LogP contribution in [0, 0.1) is 0 Å². The molecule has 154 valence electrons. The van der Waals surface area contributed by atoms with Gasteiger partial charge in [-0.05, 0) is 41.0 Å². The van der Waals surface area contributed by atoms with E-state index in [4.69, 9.17) is 16.3 Å². The molecule has 0 radical (unpaired) electrons. The lowest BCUT2D eigenvalue weighted by atomic mass is 10.0. The molecule has 1 unspecified atom stereocenters. The second-order valence-electron chi connectivity index (χ2n) is 6.69. The summed E-state index contributed by atoms with van der Waals surface area (Å²) in [6, 6.07) is 20.1. The number of halogens is 3. The van der Waals surface area contributed by atoms with E-state index in [2.05, 4.69) is 4.99 Å². The van der Waals surface area contributed by atoms with Gasteiger partial charge in [0.15, 0.2) is 0 Å². The normalized spacial score (nSPS) is 16.4. The fraction of sp³-hybridized carbons (Fsp3) is 0.136. The standard InChI is InChI=1S/C22H16ClF2NO3S/c23-19-4-2-1-3-18(19)21-26-20(13-29-21)16-7-5-14(6-8-16)15-9-11-17(12-10-15)30(27,28)22(24)25/h1-12,20,22H,13H2. The van der Waals surface area contributed by atoms with E-state index in [1.807, 2.05) is 42.5 Å². The summed E-state index contributed by atoms with van der Waals surface area (Å²) >= 11 is 6.20. The van der Waals surface area contributed by atoms with Gasteiger partial charge in [0.1, 0.15) is 12.6 Å². The SMILES string of the molecule is O=S(=O)(c1ccc(-c2ccc(C3COC(c4ccccc4Cl)=N3)cc2)cc1)C(F)F. The average Bonchev–Trinajstić information content (AvgIpc) is 3.24. The number of benzene rings is 3. The molecule has 8 heteroatoms. The van der Waals surface area contributed by atoms with E-state index in [1.54, 1.807) is 6.07 Å². The van der Waals surface area contributed by atoms with Crippen LogP contribution in [0.2, 0.25) is 5.02 Å². The Morgan fingerprint density at radius 2 is 1.53 bits per heavy atom. The van der Waals surface area contributed by atoms with Gasteiger partial charge in [-0.15, -0.1) is 0 Å².